The molecule has 1 fully saturated rings. The van der Waals surface area contributed by atoms with Crippen molar-refractivity contribution in [3.05, 3.63) is 16.0 Å². The summed E-state index contributed by atoms with van der Waals surface area (Å²) in [4.78, 5) is 27.8. The first-order valence-corrected chi connectivity index (χ1v) is 9.06. The zero-order chi connectivity index (χ0) is 17.0. The van der Waals surface area contributed by atoms with Crippen LogP contribution in [-0.2, 0) is 9.53 Å². The van der Waals surface area contributed by atoms with Crippen LogP contribution in [0.2, 0.25) is 0 Å². The Kier molecular flexibility index (Phi) is 6.18. The van der Waals surface area contributed by atoms with Crippen molar-refractivity contribution in [3.63, 3.8) is 0 Å². The molecule has 2 rings (SSSR count). The van der Waals surface area contributed by atoms with Crippen molar-refractivity contribution >= 4 is 28.2 Å². The number of rotatable bonds is 5. The third-order valence-electron chi connectivity index (χ3n) is 4.41. The summed E-state index contributed by atoms with van der Waals surface area (Å²) in [6.45, 7) is 9.44. The van der Waals surface area contributed by atoms with Gasteiger partial charge in [-0.15, -0.1) is 11.3 Å². The number of nitrogens with zero attached hydrogens (tertiary/aromatic N) is 1. The number of hydrogen-bond donors (Lipinski definition) is 1. The number of likely N-dealkylation sites (tertiary alicyclic amines) is 1. The number of piperidine rings is 1. The minimum atomic E-state index is -0.365. The molecule has 5 nitrogen and oxygen atoms in total. The van der Waals surface area contributed by atoms with Crippen LogP contribution in [0, 0.1) is 13.8 Å². The fourth-order valence-corrected chi connectivity index (χ4v) is 3.97. The number of hydrogen-bond acceptors (Lipinski definition) is 5. The van der Waals surface area contributed by atoms with Crippen LogP contribution in [-0.4, -0.2) is 42.5 Å². The van der Waals surface area contributed by atoms with Gasteiger partial charge in [0.05, 0.1) is 18.7 Å². The molecule has 1 aromatic rings. The average molecular weight is 338 g/mol. The standard InChI is InChI=1S/C17H26N2O3S/c1-5-22-17(21)15-12(3)13(4)23-16(15)18-14(20)10-19-9-7-6-8-11(19)2/h11H,5-10H2,1-4H3,(H,18,20)/t11-/m1/s1. The summed E-state index contributed by atoms with van der Waals surface area (Å²) in [5.74, 6) is -0.429. The zero-order valence-corrected chi connectivity index (χ0v) is 15.2. The topological polar surface area (TPSA) is 58.6 Å². The Morgan fingerprint density at radius 2 is 2.09 bits per heavy atom. The largest absolute Gasteiger partial charge is 0.462 e. The van der Waals surface area contributed by atoms with E-state index in [1.165, 1.54) is 17.8 Å². The van der Waals surface area contributed by atoms with Gasteiger partial charge in [0.1, 0.15) is 5.00 Å². The molecule has 0 saturated carbocycles. The van der Waals surface area contributed by atoms with Gasteiger partial charge in [0.2, 0.25) is 5.91 Å². The number of carbonyl (C=O) groups excluding carboxylic acids is 2. The van der Waals surface area contributed by atoms with E-state index in [-0.39, 0.29) is 11.9 Å². The van der Waals surface area contributed by atoms with E-state index < -0.39 is 0 Å². The minimum Gasteiger partial charge on any atom is -0.462 e. The van der Waals surface area contributed by atoms with Crippen LogP contribution in [0.3, 0.4) is 0 Å². The van der Waals surface area contributed by atoms with Crippen molar-refractivity contribution in [2.75, 3.05) is 25.0 Å². The number of anilines is 1. The predicted octanol–water partition coefficient (Wildman–Crippen LogP) is 3.35. The van der Waals surface area contributed by atoms with E-state index in [9.17, 15) is 9.59 Å². The van der Waals surface area contributed by atoms with Gasteiger partial charge in [-0.1, -0.05) is 6.42 Å². The van der Waals surface area contributed by atoms with Crippen molar-refractivity contribution in [1.82, 2.24) is 4.90 Å². The lowest BCUT2D eigenvalue weighted by Crippen LogP contribution is -2.42. The highest BCUT2D eigenvalue weighted by Gasteiger charge is 2.24. The Bertz CT molecular complexity index is 583. The van der Waals surface area contributed by atoms with Crippen LogP contribution in [0.15, 0.2) is 0 Å². The van der Waals surface area contributed by atoms with Crippen molar-refractivity contribution in [2.24, 2.45) is 0 Å². The van der Waals surface area contributed by atoms with Crippen LogP contribution >= 0.6 is 11.3 Å². The molecule has 1 aliphatic rings. The molecule has 0 unspecified atom stereocenters. The van der Waals surface area contributed by atoms with Crippen molar-refractivity contribution in [3.8, 4) is 0 Å². The Labute approximate surface area is 142 Å². The monoisotopic (exact) mass is 338 g/mol. The normalized spacial score (nSPS) is 18.7. The predicted molar refractivity (Wildman–Crippen MR) is 93.3 cm³/mol. The molecule has 1 N–H and O–H groups in total. The molecule has 128 valence electrons. The molecule has 1 atom stereocenters. The van der Waals surface area contributed by atoms with E-state index in [0.29, 0.717) is 29.8 Å². The third-order valence-corrected chi connectivity index (χ3v) is 5.53. The summed E-state index contributed by atoms with van der Waals surface area (Å²) < 4.78 is 5.12. The van der Waals surface area contributed by atoms with Crippen LogP contribution < -0.4 is 5.32 Å². The SMILES string of the molecule is CCOC(=O)c1c(NC(=O)CN2CCCC[C@H]2C)sc(C)c1C. The molecule has 6 heteroatoms. The van der Waals surface area contributed by atoms with E-state index in [4.69, 9.17) is 4.74 Å². The molecule has 0 spiro atoms. The molecule has 1 amide bonds. The second-order valence-corrected chi connectivity index (χ2v) is 7.30. The maximum Gasteiger partial charge on any atom is 0.341 e. The molecular formula is C17H26N2O3S. The van der Waals surface area contributed by atoms with Crippen LogP contribution in [0.1, 0.15) is 53.9 Å². The lowest BCUT2D eigenvalue weighted by atomic mass is 10.0. The summed E-state index contributed by atoms with van der Waals surface area (Å²) in [7, 11) is 0. The van der Waals surface area contributed by atoms with E-state index in [0.717, 1.165) is 29.8 Å². The van der Waals surface area contributed by atoms with E-state index >= 15 is 0 Å². The third kappa shape index (κ3) is 4.32. The highest BCUT2D eigenvalue weighted by atomic mass is 32.1. The molecule has 0 aliphatic carbocycles. The van der Waals surface area contributed by atoms with Gasteiger partial charge in [-0.2, -0.15) is 0 Å². The Hall–Kier alpha value is -1.40. The van der Waals surface area contributed by atoms with Gasteiger partial charge in [-0.25, -0.2) is 4.79 Å². The Morgan fingerprint density at radius 3 is 2.74 bits per heavy atom. The van der Waals surface area contributed by atoms with Gasteiger partial charge in [0, 0.05) is 10.9 Å². The summed E-state index contributed by atoms with van der Waals surface area (Å²) in [5.41, 5.74) is 1.38. The number of ether oxygens (including phenoxy) is 1. The summed E-state index contributed by atoms with van der Waals surface area (Å²) in [6, 6.07) is 0.436. The Morgan fingerprint density at radius 1 is 1.35 bits per heavy atom. The van der Waals surface area contributed by atoms with Crippen molar-refractivity contribution in [1.29, 1.82) is 0 Å². The molecule has 0 radical (unpaired) electrons. The number of amides is 1. The molecular weight excluding hydrogens is 312 g/mol. The molecule has 23 heavy (non-hydrogen) atoms. The van der Waals surface area contributed by atoms with Crippen LogP contribution in [0.4, 0.5) is 5.00 Å². The fraction of sp³-hybridized carbons (Fsp3) is 0.647. The van der Waals surface area contributed by atoms with Crippen LogP contribution in [0.25, 0.3) is 0 Å². The van der Waals surface area contributed by atoms with Crippen LogP contribution in [0.5, 0.6) is 0 Å². The Balaban J connectivity index is 2.08. The lowest BCUT2D eigenvalue weighted by molar-refractivity contribution is -0.118. The number of esters is 1. The van der Waals surface area contributed by atoms with E-state index in [2.05, 4.69) is 17.1 Å². The van der Waals surface area contributed by atoms with Gasteiger partial charge in [-0.05, 0) is 52.6 Å². The first-order valence-electron chi connectivity index (χ1n) is 8.25. The second-order valence-electron chi connectivity index (χ2n) is 6.07. The van der Waals surface area contributed by atoms with Gasteiger partial charge in [0.15, 0.2) is 0 Å². The number of nitrogens with one attached hydrogen (secondary N) is 1. The summed E-state index contributed by atoms with van der Waals surface area (Å²) in [5, 5.41) is 3.52. The average Bonchev–Trinajstić information content (AvgIpc) is 2.76. The smallest absolute Gasteiger partial charge is 0.341 e. The van der Waals surface area contributed by atoms with Crippen molar-refractivity contribution < 1.29 is 14.3 Å². The minimum absolute atomic E-state index is 0.0643. The molecule has 0 aromatic carbocycles. The molecule has 2 heterocycles. The number of carbonyl (C=O) groups is 2. The molecule has 1 aliphatic heterocycles. The first-order chi connectivity index (χ1) is 10.9. The number of aryl methyl sites for hydroxylation is 1. The quantitative estimate of drug-likeness (QED) is 0.837. The second kappa shape index (κ2) is 7.93. The number of thiophene rings is 1. The summed E-state index contributed by atoms with van der Waals surface area (Å²) >= 11 is 1.44. The lowest BCUT2D eigenvalue weighted by Gasteiger charge is -2.32. The molecule has 1 saturated heterocycles. The maximum atomic E-state index is 12.4. The van der Waals surface area contributed by atoms with Gasteiger partial charge in [0.25, 0.3) is 0 Å². The van der Waals surface area contributed by atoms with Gasteiger partial charge >= 0.3 is 5.97 Å². The highest BCUT2D eigenvalue weighted by Crippen LogP contribution is 2.33. The first kappa shape index (κ1) is 17.9. The fourth-order valence-electron chi connectivity index (χ4n) is 2.91. The van der Waals surface area contributed by atoms with Crippen molar-refractivity contribution in [2.45, 2.75) is 53.0 Å². The van der Waals surface area contributed by atoms with Gasteiger partial charge in [-0.3, -0.25) is 9.69 Å². The molecule has 1 aromatic heterocycles. The highest BCUT2D eigenvalue weighted by molar-refractivity contribution is 7.16. The summed E-state index contributed by atoms with van der Waals surface area (Å²) in [6.07, 6.45) is 3.51. The van der Waals surface area contributed by atoms with E-state index in [1.54, 1.807) is 6.92 Å². The maximum absolute atomic E-state index is 12.4. The van der Waals surface area contributed by atoms with E-state index in [1.807, 2.05) is 13.8 Å². The zero-order valence-electron chi connectivity index (χ0n) is 14.4. The van der Waals surface area contributed by atoms with Gasteiger partial charge < -0.3 is 10.1 Å². The molecule has 0 bridgehead atoms.